The van der Waals surface area contributed by atoms with Crippen molar-refractivity contribution in [3.05, 3.63) is 29.8 Å². The number of amides is 5. The van der Waals surface area contributed by atoms with Crippen molar-refractivity contribution in [2.24, 2.45) is 11.5 Å². The maximum atomic E-state index is 13.6. The van der Waals surface area contributed by atoms with Gasteiger partial charge in [-0.1, -0.05) is 12.1 Å². The number of benzene rings is 1. The normalized spacial score (nSPS) is 21.6. The highest BCUT2D eigenvalue weighted by molar-refractivity contribution is 5.96. The van der Waals surface area contributed by atoms with Crippen molar-refractivity contribution in [2.45, 2.75) is 94.2 Å². The highest BCUT2D eigenvalue weighted by atomic mass is 16.4. The molecule has 1 aromatic carbocycles. The Bertz CT molecular complexity index is 1310. The van der Waals surface area contributed by atoms with E-state index in [2.05, 4.69) is 16.0 Å². The van der Waals surface area contributed by atoms with E-state index < -0.39 is 84.5 Å². The fourth-order valence-corrected chi connectivity index (χ4v) is 5.85. The molecule has 0 radical (unpaired) electrons. The Morgan fingerprint density at radius 2 is 1.56 bits per heavy atom. The van der Waals surface area contributed by atoms with Crippen LogP contribution in [0.3, 0.4) is 0 Å². The molecule has 266 valence electrons. The van der Waals surface area contributed by atoms with Crippen LogP contribution in [0.15, 0.2) is 24.3 Å². The third-order valence-electron chi connectivity index (χ3n) is 8.47. The fourth-order valence-electron chi connectivity index (χ4n) is 5.85. The predicted molar refractivity (Wildman–Crippen MR) is 170 cm³/mol. The summed E-state index contributed by atoms with van der Waals surface area (Å²) in [5, 5.41) is 47.0. The quantitative estimate of drug-likeness (QED) is 0.0787. The third-order valence-corrected chi connectivity index (χ3v) is 8.47. The number of aromatic hydroxyl groups is 1. The molecular formula is C31H47N7O10. The average molecular weight is 678 g/mol. The summed E-state index contributed by atoms with van der Waals surface area (Å²) in [4.78, 5) is 80.4. The number of β-amino-alcohol motifs (C(OH)–C–C–N with tert-alkyl or cyclic N) is 1. The molecule has 2 aliphatic heterocycles. The minimum Gasteiger partial charge on any atom is -0.508 e. The van der Waals surface area contributed by atoms with Gasteiger partial charge >= 0.3 is 5.97 Å². The molecule has 0 spiro atoms. The van der Waals surface area contributed by atoms with E-state index in [-0.39, 0.29) is 44.5 Å². The zero-order valence-electron chi connectivity index (χ0n) is 26.9. The molecule has 2 saturated heterocycles. The molecule has 17 nitrogen and oxygen atoms in total. The van der Waals surface area contributed by atoms with Crippen molar-refractivity contribution in [3.8, 4) is 5.75 Å². The number of aliphatic hydroxyl groups excluding tert-OH is 2. The van der Waals surface area contributed by atoms with Crippen molar-refractivity contribution in [2.75, 3.05) is 26.2 Å². The molecule has 7 atom stereocenters. The summed E-state index contributed by atoms with van der Waals surface area (Å²) >= 11 is 0. The zero-order chi connectivity index (χ0) is 35.5. The van der Waals surface area contributed by atoms with E-state index in [0.717, 1.165) is 4.90 Å². The third kappa shape index (κ3) is 10.1. The van der Waals surface area contributed by atoms with E-state index in [1.54, 1.807) is 0 Å². The minimum absolute atomic E-state index is 0.0417. The number of unbranched alkanes of at least 4 members (excludes halogenated alkanes) is 1. The maximum absolute atomic E-state index is 13.6. The average Bonchev–Trinajstić information content (AvgIpc) is 3.70. The number of carbonyl (C=O) groups is 6. The Morgan fingerprint density at radius 3 is 2.17 bits per heavy atom. The molecule has 0 saturated carbocycles. The van der Waals surface area contributed by atoms with Gasteiger partial charge in [-0.2, -0.15) is 0 Å². The monoisotopic (exact) mass is 677 g/mol. The number of carbonyl (C=O) groups excluding carboxylic acids is 5. The molecule has 5 amide bonds. The topological polar surface area (TPSA) is 278 Å². The Kier molecular flexibility index (Phi) is 14.1. The van der Waals surface area contributed by atoms with Gasteiger partial charge in [0.15, 0.2) is 0 Å². The molecule has 0 aromatic heterocycles. The first-order valence-corrected chi connectivity index (χ1v) is 16.0. The number of nitrogens with one attached hydrogen (secondary N) is 3. The Balaban J connectivity index is 1.76. The number of hydrogen-bond acceptors (Lipinski definition) is 11. The molecule has 2 fully saturated rings. The van der Waals surface area contributed by atoms with Crippen LogP contribution in [-0.2, 0) is 35.2 Å². The lowest BCUT2D eigenvalue weighted by Gasteiger charge is -2.31. The van der Waals surface area contributed by atoms with Crippen LogP contribution in [0, 0.1) is 0 Å². The van der Waals surface area contributed by atoms with Crippen LogP contribution in [0.5, 0.6) is 5.75 Å². The minimum atomic E-state index is -1.55. The van der Waals surface area contributed by atoms with Crippen molar-refractivity contribution in [1.29, 1.82) is 0 Å². The van der Waals surface area contributed by atoms with Gasteiger partial charge in [-0.25, -0.2) is 4.79 Å². The van der Waals surface area contributed by atoms with E-state index in [0.29, 0.717) is 31.4 Å². The van der Waals surface area contributed by atoms with Crippen LogP contribution in [0.2, 0.25) is 0 Å². The number of aliphatic carboxylic acids is 1. The van der Waals surface area contributed by atoms with Gasteiger partial charge in [0.25, 0.3) is 0 Å². The molecule has 0 bridgehead atoms. The van der Waals surface area contributed by atoms with Gasteiger partial charge in [-0.15, -0.1) is 0 Å². The first-order chi connectivity index (χ1) is 22.8. The van der Waals surface area contributed by atoms with Crippen LogP contribution in [0.4, 0.5) is 0 Å². The lowest BCUT2D eigenvalue weighted by atomic mass is 10.0. The maximum Gasteiger partial charge on any atom is 0.326 e. The first-order valence-electron chi connectivity index (χ1n) is 16.0. The van der Waals surface area contributed by atoms with Crippen molar-refractivity contribution in [3.63, 3.8) is 0 Å². The van der Waals surface area contributed by atoms with Gasteiger partial charge in [0, 0.05) is 25.9 Å². The number of carboxylic acids is 1. The summed E-state index contributed by atoms with van der Waals surface area (Å²) < 4.78 is 0. The number of phenols is 1. The molecule has 0 aliphatic carbocycles. The van der Waals surface area contributed by atoms with Crippen LogP contribution in [-0.4, -0.2) is 134 Å². The van der Waals surface area contributed by atoms with Gasteiger partial charge in [-0.05, 0) is 63.3 Å². The highest BCUT2D eigenvalue weighted by Gasteiger charge is 2.43. The first kappa shape index (κ1) is 38.1. The SMILES string of the molecule is C[C@H](N)C(=O)N[C@@H](CCCCN)C(=O)N1CCC[C@H]1C(=O)N[C@@H](CO)C(=O)N[C@@H](Cc1ccc(O)cc1)C(=O)N1C[C@H](O)C[C@H]1C(=O)O. The number of carboxylic acid groups (broad SMARTS) is 1. The number of rotatable bonds is 16. The molecule has 48 heavy (non-hydrogen) atoms. The molecule has 17 heteroatoms. The number of phenolic OH excluding ortho intramolecular Hbond substituents is 1. The summed E-state index contributed by atoms with van der Waals surface area (Å²) in [5.74, 6) is -4.88. The Hall–Kier alpha value is -4.32. The smallest absolute Gasteiger partial charge is 0.326 e. The number of likely N-dealkylation sites (tertiary alicyclic amines) is 2. The molecule has 2 heterocycles. The zero-order valence-corrected chi connectivity index (χ0v) is 26.9. The molecular weight excluding hydrogens is 630 g/mol. The van der Waals surface area contributed by atoms with E-state index >= 15 is 0 Å². The lowest BCUT2D eigenvalue weighted by Crippen LogP contribution is -2.60. The van der Waals surface area contributed by atoms with E-state index in [9.17, 15) is 49.2 Å². The largest absolute Gasteiger partial charge is 0.508 e. The highest BCUT2D eigenvalue weighted by Crippen LogP contribution is 2.22. The van der Waals surface area contributed by atoms with Gasteiger partial charge in [0.2, 0.25) is 29.5 Å². The number of aliphatic hydroxyl groups is 2. The second-order valence-electron chi connectivity index (χ2n) is 12.2. The summed E-state index contributed by atoms with van der Waals surface area (Å²) in [5.41, 5.74) is 11.8. The van der Waals surface area contributed by atoms with Crippen molar-refractivity contribution in [1.82, 2.24) is 25.8 Å². The predicted octanol–water partition coefficient (Wildman–Crippen LogP) is -3.10. The van der Waals surface area contributed by atoms with Crippen LogP contribution < -0.4 is 27.4 Å². The fraction of sp³-hybridized carbons (Fsp3) is 0.613. The molecule has 0 unspecified atom stereocenters. The van der Waals surface area contributed by atoms with E-state index in [1.807, 2.05) is 0 Å². The lowest BCUT2D eigenvalue weighted by molar-refractivity contribution is -0.149. The van der Waals surface area contributed by atoms with Gasteiger partial charge < -0.3 is 57.6 Å². The number of hydrogen-bond donors (Lipinski definition) is 9. The van der Waals surface area contributed by atoms with Crippen LogP contribution in [0.25, 0.3) is 0 Å². The second kappa shape index (κ2) is 17.7. The number of nitrogens with two attached hydrogens (primary N) is 2. The van der Waals surface area contributed by atoms with Crippen LogP contribution >= 0.6 is 0 Å². The molecule has 3 rings (SSSR count). The summed E-state index contributed by atoms with van der Waals surface area (Å²) in [7, 11) is 0. The second-order valence-corrected chi connectivity index (χ2v) is 12.2. The molecule has 11 N–H and O–H groups in total. The van der Waals surface area contributed by atoms with Gasteiger partial charge in [0.05, 0.1) is 18.8 Å². The van der Waals surface area contributed by atoms with Gasteiger partial charge in [0.1, 0.15) is 36.0 Å². The standard InChI is InChI=1S/C31H47N7O10/c1-17(33)26(42)34-21(5-2-3-11-32)29(45)37-12-4-6-24(37)28(44)36-23(16-39)27(43)35-22(13-18-7-9-19(40)10-8-18)30(46)38-15-20(41)14-25(38)31(47)48/h7-10,17,20-25,39-41H,2-6,11-16,32-33H2,1H3,(H,34,42)(H,35,43)(H,36,44)(H,47,48)/t17-,20+,21-,22-,23-,24-,25-/m0/s1. The number of nitrogens with zero attached hydrogens (tertiary/aromatic N) is 2. The molecule has 1 aromatic rings. The Labute approximate surface area is 278 Å². The van der Waals surface area contributed by atoms with Crippen molar-refractivity contribution >= 4 is 35.5 Å². The molecule has 2 aliphatic rings. The van der Waals surface area contributed by atoms with Crippen LogP contribution in [0.1, 0.15) is 51.0 Å². The van der Waals surface area contributed by atoms with E-state index in [4.69, 9.17) is 11.5 Å². The summed E-state index contributed by atoms with van der Waals surface area (Å²) in [6.07, 6.45) is 0.714. The van der Waals surface area contributed by atoms with E-state index in [1.165, 1.54) is 36.1 Å². The van der Waals surface area contributed by atoms with Gasteiger partial charge in [-0.3, -0.25) is 24.0 Å². The Morgan fingerprint density at radius 1 is 0.917 bits per heavy atom. The van der Waals surface area contributed by atoms with Crippen molar-refractivity contribution < 1.29 is 49.2 Å². The summed E-state index contributed by atoms with van der Waals surface area (Å²) in [6.45, 7) is 0.934. The summed E-state index contributed by atoms with van der Waals surface area (Å²) in [6, 6.07) is -1.34.